The molecule has 1 fully saturated rings. The summed E-state index contributed by atoms with van der Waals surface area (Å²) in [6.45, 7) is 1.22. The fourth-order valence-electron chi connectivity index (χ4n) is 2.84. The summed E-state index contributed by atoms with van der Waals surface area (Å²) in [6.07, 6.45) is 3.75. The second kappa shape index (κ2) is 7.11. The van der Waals surface area contributed by atoms with E-state index >= 15 is 0 Å². The second-order valence-electron chi connectivity index (χ2n) is 6.28. The van der Waals surface area contributed by atoms with Gasteiger partial charge in [0.25, 0.3) is 0 Å². The van der Waals surface area contributed by atoms with Gasteiger partial charge in [-0.05, 0) is 42.7 Å². The number of benzene rings is 1. The van der Waals surface area contributed by atoms with Crippen molar-refractivity contribution < 1.29 is 14.6 Å². The molecule has 0 spiro atoms. The van der Waals surface area contributed by atoms with Gasteiger partial charge in [-0.1, -0.05) is 24.3 Å². The second-order valence-corrected chi connectivity index (χ2v) is 6.28. The molecule has 2 aliphatic carbocycles. The Morgan fingerprint density at radius 1 is 1.32 bits per heavy atom. The molecule has 0 bridgehead atoms. The summed E-state index contributed by atoms with van der Waals surface area (Å²) < 4.78 is 5.41. The Balaban J connectivity index is 1.35. The highest BCUT2D eigenvalue weighted by Crippen LogP contribution is 2.30. The van der Waals surface area contributed by atoms with E-state index in [0.717, 1.165) is 19.4 Å². The van der Waals surface area contributed by atoms with Gasteiger partial charge in [-0.2, -0.15) is 0 Å². The van der Waals surface area contributed by atoms with Crippen LogP contribution in [0.5, 0.6) is 0 Å². The van der Waals surface area contributed by atoms with Gasteiger partial charge < -0.3 is 20.5 Å². The smallest absolute Gasteiger partial charge is 0.315 e. The van der Waals surface area contributed by atoms with E-state index in [2.05, 4.69) is 22.8 Å². The van der Waals surface area contributed by atoms with Gasteiger partial charge >= 0.3 is 6.03 Å². The maximum atomic E-state index is 11.9. The number of hydrogen-bond donors (Lipinski definition) is 3. The molecule has 2 unspecified atom stereocenters. The predicted octanol–water partition coefficient (Wildman–Crippen LogP) is 1.76. The number of carbonyl (C=O) groups is 1. The highest BCUT2D eigenvalue weighted by atomic mass is 16.5. The SMILES string of the molecule is O=C(NCC(O)COCC1CC1)NC1CCc2ccccc21. The molecule has 0 aromatic heterocycles. The maximum absolute atomic E-state index is 11.9. The number of aryl methyl sites for hydroxylation is 1. The topological polar surface area (TPSA) is 70.6 Å². The summed E-state index contributed by atoms with van der Waals surface area (Å²) in [6, 6.07) is 8.03. The molecule has 3 N–H and O–H groups in total. The van der Waals surface area contributed by atoms with Crippen LogP contribution in [-0.2, 0) is 11.2 Å². The number of carbonyl (C=O) groups excluding carboxylic acids is 1. The summed E-state index contributed by atoms with van der Waals surface area (Å²) in [7, 11) is 0. The molecule has 3 rings (SSSR count). The highest BCUT2D eigenvalue weighted by Gasteiger charge is 2.24. The first kappa shape index (κ1) is 15.3. The zero-order valence-corrected chi connectivity index (χ0v) is 12.8. The van der Waals surface area contributed by atoms with E-state index < -0.39 is 6.10 Å². The van der Waals surface area contributed by atoms with Crippen LogP contribution in [0.2, 0.25) is 0 Å². The van der Waals surface area contributed by atoms with Crippen LogP contribution in [-0.4, -0.2) is 37.0 Å². The molecule has 1 aromatic carbocycles. The lowest BCUT2D eigenvalue weighted by atomic mass is 10.1. The van der Waals surface area contributed by atoms with E-state index in [1.165, 1.54) is 24.0 Å². The third-order valence-corrected chi connectivity index (χ3v) is 4.30. The van der Waals surface area contributed by atoms with Crippen molar-refractivity contribution in [2.75, 3.05) is 19.8 Å². The Hall–Kier alpha value is -1.59. The van der Waals surface area contributed by atoms with Crippen molar-refractivity contribution in [3.05, 3.63) is 35.4 Å². The Labute approximate surface area is 131 Å². The van der Waals surface area contributed by atoms with Crippen molar-refractivity contribution >= 4 is 6.03 Å². The molecule has 5 heteroatoms. The first-order valence-electron chi connectivity index (χ1n) is 8.10. The van der Waals surface area contributed by atoms with Gasteiger partial charge in [0.1, 0.15) is 0 Å². The first-order chi connectivity index (χ1) is 10.7. The number of fused-ring (bicyclic) bond motifs is 1. The fraction of sp³-hybridized carbons (Fsp3) is 0.588. The van der Waals surface area contributed by atoms with Crippen LogP contribution in [0.4, 0.5) is 4.79 Å². The van der Waals surface area contributed by atoms with Gasteiger partial charge in [-0.15, -0.1) is 0 Å². The van der Waals surface area contributed by atoms with Gasteiger partial charge in [0.2, 0.25) is 0 Å². The summed E-state index contributed by atoms with van der Waals surface area (Å²) >= 11 is 0. The van der Waals surface area contributed by atoms with E-state index in [1.807, 2.05) is 12.1 Å². The Bertz CT molecular complexity index is 516. The molecule has 2 amide bonds. The standard InChI is InChI=1S/C17H24N2O3/c20-14(11-22-10-12-5-6-12)9-18-17(21)19-16-8-7-13-3-1-2-4-15(13)16/h1-4,12,14,16,20H,5-11H2,(H2,18,19,21). The summed E-state index contributed by atoms with van der Waals surface area (Å²) in [5, 5.41) is 15.5. The van der Waals surface area contributed by atoms with E-state index in [4.69, 9.17) is 4.74 Å². The van der Waals surface area contributed by atoms with Crippen LogP contribution in [0.25, 0.3) is 0 Å². The minimum absolute atomic E-state index is 0.0689. The highest BCUT2D eigenvalue weighted by molar-refractivity contribution is 5.74. The summed E-state index contributed by atoms with van der Waals surface area (Å²) in [5.74, 6) is 0.686. The molecule has 5 nitrogen and oxygen atoms in total. The Morgan fingerprint density at radius 3 is 2.95 bits per heavy atom. The Kier molecular flexibility index (Phi) is 4.95. The van der Waals surface area contributed by atoms with E-state index in [0.29, 0.717) is 5.92 Å². The molecule has 2 aliphatic rings. The third-order valence-electron chi connectivity index (χ3n) is 4.30. The van der Waals surface area contributed by atoms with Gasteiger partial charge in [0, 0.05) is 13.2 Å². The van der Waals surface area contributed by atoms with Gasteiger partial charge in [0.05, 0.1) is 18.8 Å². The number of rotatable bonds is 7. The molecule has 2 atom stereocenters. The number of ether oxygens (including phenoxy) is 1. The van der Waals surface area contributed by atoms with Crippen molar-refractivity contribution in [3.63, 3.8) is 0 Å². The largest absolute Gasteiger partial charge is 0.389 e. The zero-order valence-electron chi connectivity index (χ0n) is 12.8. The molecule has 0 saturated heterocycles. The van der Waals surface area contributed by atoms with Gasteiger partial charge in [-0.25, -0.2) is 4.79 Å². The summed E-state index contributed by atoms with van der Waals surface area (Å²) in [4.78, 5) is 11.9. The molecule has 0 heterocycles. The molecule has 22 heavy (non-hydrogen) atoms. The van der Waals surface area contributed by atoms with Crippen molar-refractivity contribution in [2.45, 2.75) is 37.8 Å². The lowest BCUT2D eigenvalue weighted by Gasteiger charge is -2.16. The first-order valence-corrected chi connectivity index (χ1v) is 8.10. The third kappa shape index (κ3) is 4.21. The molecule has 1 saturated carbocycles. The van der Waals surface area contributed by atoms with Crippen LogP contribution in [0.15, 0.2) is 24.3 Å². The monoisotopic (exact) mass is 304 g/mol. The minimum Gasteiger partial charge on any atom is -0.389 e. The van der Waals surface area contributed by atoms with Crippen LogP contribution >= 0.6 is 0 Å². The predicted molar refractivity (Wildman–Crippen MR) is 83.6 cm³/mol. The number of hydrogen-bond acceptors (Lipinski definition) is 3. The molecular weight excluding hydrogens is 280 g/mol. The number of amides is 2. The fourth-order valence-corrected chi connectivity index (χ4v) is 2.84. The average Bonchev–Trinajstić information content (AvgIpc) is 3.26. The number of nitrogens with one attached hydrogen (secondary N) is 2. The summed E-state index contributed by atoms with van der Waals surface area (Å²) in [5.41, 5.74) is 2.51. The lowest BCUT2D eigenvalue weighted by molar-refractivity contribution is 0.0337. The number of urea groups is 1. The molecular formula is C17H24N2O3. The molecule has 0 radical (unpaired) electrons. The minimum atomic E-state index is -0.652. The molecule has 1 aromatic rings. The van der Waals surface area contributed by atoms with Crippen LogP contribution in [0, 0.1) is 5.92 Å². The van der Waals surface area contributed by atoms with E-state index in [-0.39, 0.29) is 25.2 Å². The van der Waals surface area contributed by atoms with Crippen LogP contribution < -0.4 is 10.6 Å². The molecule has 120 valence electrons. The van der Waals surface area contributed by atoms with Crippen molar-refractivity contribution in [3.8, 4) is 0 Å². The van der Waals surface area contributed by atoms with E-state index in [9.17, 15) is 9.90 Å². The van der Waals surface area contributed by atoms with Gasteiger partial charge in [-0.3, -0.25) is 0 Å². The normalized spacial score (nSPS) is 21.2. The number of aliphatic hydroxyl groups is 1. The van der Waals surface area contributed by atoms with Crippen molar-refractivity contribution in [1.82, 2.24) is 10.6 Å². The number of aliphatic hydroxyl groups excluding tert-OH is 1. The molecule has 0 aliphatic heterocycles. The van der Waals surface area contributed by atoms with E-state index in [1.54, 1.807) is 0 Å². The van der Waals surface area contributed by atoms with Crippen molar-refractivity contribution in [2.24, 2.45) is 5.92 Å². The Morgan fingerprint density at radius 2 is 2.14 bits per heavy atom. The maximum Gasteiger partial charge on any atom is 0.315 e. The van der Waals surface area contributed by atoms with Crippen LogP contribution in [0.1, 0.15) is 36.4 Å². The lowest BCUT2D eigenvalue weighted by Crippen LogP contribution is -2.42. The zero-order chi connectivity index (χ0) is 15.4. The average molecular weight is 304 g/mol. The van der Waals surface area contributed by atoms with Gasteiger partial charge in [0.15, 0.2) is 0 Å². The van der Waals surface area contributed by atoms with Crippen LogP contribution in [0.3, 0.4) is 0 Å². The van der Waals surface area contributed by atoms with Crippen molar-refractivity contribution in [1.29, 1.82) is 0 Å². The quantitative estimate of drug-likeness (QED) is 0.719.